The van der Waals surface area contributed by atoms with Crippen molar-refractivity contribution in [2.75, 3.05) is 6.54 Å². The largest absolute Gasteiger partial charge is 0.416 e. The molecule has 0 fully saturated rings. The number of allylic oxidation sites excluding steroid dienone is 1. The van der Waals surface area contributed by atoms with Gasteiger partial charge in [0, 0.05) is 11.6 Å². The normalized spacial score (nSPS) is 13.3. The fraction of sp³-hybridized carbons (Fsp3) is 0.429. The molecule has 0 aliphatic heterocycles. The Morgan fingerprint density at radius 1 is 1.37 bits per heavy atom. The smallest absolute Gasteiger partial charge is 0.310 e. The summed E-state index contributed by atoms with van der Waals surface area (Å²) in [6.07, 6.45) is -1.68. The number of halogens is 4. The Bertz CT molecular complexity index is 426. The first-order valence-corrected chi connectivity index (χ1v) is 6.11. The van der Waals surface area contributed by atoms with Gasteiger partial charge in [0.1, 0.15) is 5.82 Å². The zero-order valence-corrected chi connectivity index (χ0v) is 10.7. The van der Waals surface area contributed by atoms with Gasteiger partial charge < -0.3 is 5.32 Å². The first kappa shape index (κ1) is 15.7. The Morgan fingerprint density at radius 3 is 2.58 bits per heavy atom. The van der Waals surface area contributed by atoms with Crippen molar-refractivity contribution in [3.8, 4) is 0 Å². The third kappa shape index (κ3) is 4.35. The van der Waals surface area contributed by atoms with Crippen molar-refractivity contribution in [2.45, 2.75) is 32.0 Å². The van der Waals surface area contributed by atoms with Crippen LogP contribution in [0.2, 0.25) is 0 Å². The second-order valence-corrected chi connectivity index (χ2v) is 4.21. The molecule has 1 unspecified atom stereocenters. The van der Waals surface area contributed by atoms with Crippen LogP contribution in [0.1, 0.15) is 36.9 Å². The van der Waals surface area contributed by atoms with Gasteiger partial charge >= 0.3 is 6.18 Å². The van der Waals surface area contributed by atoms with Gasteiger partial charge in [-0.2, -0.15) is 13.2 Å². The van der Waals surface area contributed by atoms with E-state index in [0.717, 1.165) is 18.2 Å². The molecular formula is C14H17F4N. The highest BCUT2D eigenvalue weighted by Gasteiger charge is 2.31. The average molecular weight is 275 g/mol. The Balaban J connectivity index is 3.09. The summed E-state index contributed by atoms with van der Waals surface area (Å²) >= 11 is 0. The van der Waals surface area contributed by atoms with Crippen LogP contribution in [-0.2, 0) is 6.18 Å². The molecule has 0 aliphatic carbocycles. The average Bonchev–Trinajstić information content (AvgIpc) is 2.34. The fourth-order valence-electron chi connectivity index (χ4n) is 1.89. The van der Waals surface area contributed by atoms with Crippen molar-refractivity contribution < 1.29 is 17.6 Å². The molecule has 0 aromatic heterocycles. The molecule has 0 saturated carbocycles. The van der Waals surface area contributed by atoms with E-state index in [-0.39, 0.29) is 5.56 Å². The highest BCUT2D eigenvalue weighted by atomic mass is 19.4. The molecular weight excluding hydrogens is 258 g/mol. The molecule has 0 heterocycles. The molecule has 1 aromatic carbocycles. The summed E-state index contributed by atoms with van der Waals surface area (Å²) in [4.78, 5) is 0. The Labute approximate surface area is 110 Å². The van der Waals surface area contributed by atoms with Crippen LogP contribution in [-0.4, -0.2) is 6.54 Å². The van der Waals surface area contributed by atoms with Gasteiger partial charge in [-0.3, -0.25) is 0 Å². The summed E-state index contributed by atoms with van der Waals surface area (Å²) in [5.41, 5.74) is -0.774. The summed E-state index contributed by atoms with van der Waals surface area (Å²) in [5.74, 6) is -0.622. The quantitative estimate of drug-likeness (QED) is 0.597. The van der Waals surface area contributed by atoms with Crippen LogP contribution in [0, 0.1) is 5.82 Å². The molecule has 1 aromatic rings. The van der Waals surface area contributed by atoms with Gasteiger partial charge in [0.15, 0.2) is 0 Å². The van der Waals surface area contributed by atoms with Crippen LogP contribution >= 0.6 is 0 Å². The lowest BCUT2D eigenvalue weighted by Gasteiger charge is -2.19. The minimum absolute atomic E-state index is 0.0542. The maximum atomic E-state index is 13.7. The Hall–Kier alpha value is -1.36. The van der Waals surface area contributed by atoms with Crippen molar-refractivity contribution in [1.82, 2.24) is 5.32 Å². The van der Waals surface area contributed by atoms with Crippen molar-refractivity contribution in [1.29, 1.82) is 0 Å². The van der Waals surface area contributed by atoms with Crippen molar-refractivity contribution >= 4 is 0 Å². The number of rotatable bonds is 6. The van der Waals surface area contributed by atoms with E-state index >= 15 is 0 Å². The van der Waals surface area contributed by atoms with E-state index in [1.165, 1.54) is 0 Å². The number of hydrogen-bond donors (Lipinski definition) is 1. The van der Waals surface area contributed by atoms with Crippen LogP contribution in [0.4, 0.5) is 17.6 Å². The maximum Gasteiger partial charge on any atom is 0.416 e. The van der Waals surface area contributed by atoms with Crippen molar-refractivity contribution in [2.24, 2.45) is 0 Å². The minimum atomic E-state index is -4.46. The molecule has 0 amide bonds. The zero-order valence-electron chi connectivity index (χ0n) is 10.7. The number of nitrogens with one attached hydrogen (secondary N) is 1. The highest BCUT2D eigenvalue weighted by Crippen LogP contribution is 2.32. The number of alkyl halides is 3. The van der Waals surface area contributed by atoms with Gasteiger partial charge in [0.05, 0.1) is 5.56 Å². The lowest BCUT2D eigenvalue weighted by Crippen LogP contribution is -2.22. The minimum Gasteiger partial charge on any atom is -0.310 e. The standard InChI is InChI=1S/C14H17F4N/c1-3-5-6-13(19-4-2)11-9-10(14(16,17)18)7-8-12(11)15/h3,7-9,13,19H,1,4-6H2,2H3. The Morgan fingerprint density at radius 2 is 2.05 bits per heavy atom. The first-order chi connectivity index (χ1) is 8.90. The fourth-order valence-corrected chi connectivity index (χ4v) is 1.89. The molecule has 19 heavy (non-hydrogen) atoms. The number of hydrogen-bond acceptors (Lipinski definition) is 1. The molecule has 0 spiro atoms. The molecule has 0 aliphatic rings. The summed E-state index contributed by atoms with van der Waals surface area (Å²) in [6.45, 7) is 5.94. The summed E-state index contributed by atoms with van der Waals surface area (Å²) < 4.78 is 51.7. The predicted octanol–water partition coefficient (Wildman–Crippen LogP) is 4.46. The topological polar surface area (TPSA) is 12.0 Å². The van der Waals surface area contributed by atoms with E-state index in [1.807, 2.05) is 6.92 Å². The van der Waals surface area contributed by atoms with Gasteiger partial charge in [0.2, 0.25) is 0 Å². The number of benzene rings is 1. The van der Waals surface area contributed by atoms with Gasteiger partial charge in [-0.05, 0) is 37.6 Å². The van der Waals surface area contributed by atoms with Gasteiger partial charge in [0.25, 0.3) is 0 Å². The third-order valence-corrected chi connectivity index (χ3v) is 2.81. The summed E-state index contributed by atoms with van der Waals surface area (Å²) in [7, 11) is 0. The van der Waals surface area contributed by atoms with E-state index in [1.54, 1.807) is 6.08 Å². The van der Waals surface area contributed by atoms with E-state index < -0.39 is 23.6 Å². The zero-order chi connectivity index (χ0) is 14.5. The molecule has 1 rings (SSSR count). The van der Waals surface area contributed by atoms with Crippen LogP contribution in [0.15, 0.2) is 30.9 Å². The lowest BCUT2D eigenvalue weighted by molar-refractivity contribution is -0.137. The van der Waals surface area contributed by atoms with Crippen LogP contribution in [0.25, 0.3) is 0 Å². The lowest BCUT2D eigenvalue weighted by atomic mass is 9.99. The summed E-state index contributed by atoms with van der Waals surface area (Å²) in [5, 5.41) is 3.00. The molecule has 0 bridgehead atoms. The molecule has 0 radical (unpaired) electrons. The summed E-state index contributed by atoms with van der Waals surface area (Å²) in [6, 6.07) is 2.07. The SMILES string of the molecule is C=CCCC(NCC)c1cc(C(F)(F)F)ccc1F. The predicted molar refractivity (Wildman–Crippen MR) is 67.3 cm³/mol. The van der Waals surface area contributed by atoms with Crippen molar-refractivity contribution in [3.63, 3.8) is 0 Å². The molecule has 1 atom stereocenters. The second kappa shape index (κ2) is 6.70. The van der Waals surface area contributed by atoms with E-state index in [4.69, 9.17) is 0 Å². The second-order valence-electron chi connectivity index (χ2n) is 4.21. The van der Waals surface area contributed by atoms with Gasteiger partial charge in [-0.25, -0.2) is 4.39 Å². The van der Waals surface area contributed by atoms with E-state index in [9.17, 15) is 17.6 Å². The molecule has 5 heteroatoms. The van der Waals surface area contributed by atoms with Crippen LogP contribution in [0.3, 0.4) is 0 Å². The van der Waals surface area contributed by atoms with E-state index in [0.29, 0.717) is 19.4 Å². The highest BCUT2D eigenvalue weighted by molar-refractivity contribution is 5.29. The van der Waals surface area contributed by atoms with Crippen LogP contribution < -0.4 is 5.32 Å². The van der Waals surface area contributed by atoms with Crippen LogP contribution in [0.5, 0.6) is 0 Å². The maximum absolute atomic E-state index is 13.7. The van der Waals surface area contributed by atoms with E-state index in [2.05, 4.69) is 11.9 Å². The Kier molecular flexibility index (Phi) is 5.54. The molecule has 1 nitrogen and oxygen atoms in total. The molecule has 106 valence electrons. The first-order valence-electron chi connectivity index (χ1n) is 6.11. The third-order valence-electron chi connectivity index (χ3n) is 2.81. The molecule has 0 saturated heterocycles. The van der Waals surface area contributed by atoms with Crippen molar-refractivity contribution in [3.05, 3.63) is 47.8 Å². The molecule has 1 N–H and O–H groups in total. The van der Waals surface area contributed by atoms with Gasteiger partial charge in [-0.1, -0.05) is 13.0 Å². The monoisotopic (exact) mass is 275 g/mol. The van der Waals surface area contributed by atoms with Gasteiger partial charge in [-0.15, -0.1) is 6.58 Å².